The molecule has 0 saturated carbocycles. The molecule has 28 heavy (non-hydrogen) atoms. The molecule has 0 aliphatic heterocycles. The van der Waals surface area contributed by atoms with E-state index in [0.29, 0.717) is 10.9 Å². The van der Waals surface area contributed by atoms with E-state index >= 15 is 0 Å². The van der Waals surface area contributed by atoms with E-state index in [1.54, 1.807) is 25.1 Å². The average Bonchev–Trinajstić information content (AvgIpc) is 2.62. The Bertz CT molecular complexity index is 1250. The molecule has 3 aromatic rings. The molecule has 3 N–H and O–H groups in total. The SMILES string of the molecule is Cc1cc(S(=O)(=O)O)c(N=Nc2cc(C(=O)O)c(O)c3ccccc23)cc1Cl. The molecule has 0 fully saturated rings. The molecule has 0 saturated heterocycles. The predicted molar refractivity (Wildman–Crippen MR) is 103 cm³/mol. The quantitative estimate of drug-likeness (QED) is 0.407. The zero-order valence-corrected chi connectivity index (χ0v) is 15.9. The summed E-state index contributed by atoms with van der Waals surface area (Å²) in [5.74, 6) is -1.78. The van der Waals surface area contributed by atoms with Crippen molar-refractivity contribution in [1.29, 1.82) is 0 Å². The highest BCUT2D eigenvalue weighted by Crippen LogP contribution is 2.38. The van der Waals surface area contributed by atoms with Gasteiger partial charge >= 0.3 is 5.97 Å². The smallest absolute Gasteiger partial charge is 0.339 e. The maximum absolute atomic E-state index is 11.6. The predicted octanol–water partition coefficient (Wildman–Crippen LogP) is 4.87. The number of hydrogen-bond acceptors (Lipinski definition) is 6. The lowest BCUT2D eigenvalue weighted by Crippen LogP contribution is -1.99. The third-order valence-corrected chi connectivity index (χ3v) is 5.30. The number of carbonyl (C=O) groups is 1. The second kappa shape index (κ2) is 7.19. The van der Waals surface area contributed by atoms with Gasteiger partial charge in [-0.1, -0.05) is 35.9 Å². The summed E-state index contributed by atoms with van der Waals surface area (Å²) in [4.78, 5) is 10.9. The van der Waals surface area contributed by atoms with Gasteiger partial charge in [0.2, 0.25) is 0 Å². The minimum Gasteiger partial charge on any atom is -0.506 e. The molecule has 0 bridgehead atoms. The third-order valence-electron chi connectivity index (χ3n) is 4.01. The van der Waals surface area contributed by atoms with Crippen LogP contribution in [0.5, 0.6) is 5.75 Å². The first-order valence-corrected chi connectivity index (χ1v) is 9.58. The van der Waals surface area contributed by atoms with E-state index in [1.807, 2.05) is 0 Å². The Kier molecular flexibility index (Phi) is 5.07. The first kappa shape index (κ1) is 19.7. The number of aromatic hydroxyl groups is 1. The Morgan fingerprint density at radius 3 is 2.25 bits per heavy atom. The Morgan fingerprint density at radius 2 is 1.64 bits per heavy atom. The van der Waals surface area contributed by atoms with Gasteiger partial charge in [0, 0.05) is 15.8 Å². The molecule has 10 heteroatoms. The molecular formula is C18H13ClN2O6S. The fourth-order valence-corrected chi connectivity index (χ4v) is 3.47. The summed E-state index contributed by atoms with van der Waals surface area (Å²) in [7, 11) is -4.59. The van der Waals surface area contributed by atoms with Crippen LogP contribution in [0.1, 0.15) is 15.9 Å². The molecule has 0 unspecified atom stereocenters. The maximum Gasteiger partial charge on any atom is 0.339 e. The molecular weight excluding hydrogens is 408 g/mol. The number of phenols is 1. The number of nitrogens with zero attached hydrogens (tertiary/aromatic N) is 2. The lowest BCUT2D eigenvalue weighted by molar-refractivity contribution is 0.0694. The van der Waals surface area contributed by atoms with Crippen molar-refractivity contribution in [3.05, 3.63) is 58.6 Å². The van der Waals surface area contributed by atoms with Gasteiger partial charge in [-0.15, -0.1) is 10.2 Å². The number of aromatic carboxylic acids is 1. The Labute approximate surface area is 164 Å². The minimum atomic E-state index is -4.59. The third kappa shape index (κ3) is 3.68. The van der Waals surface area contributed by atoms with Gasteiger partial charge in [-0.25, -0.2) is 4.79 Å². The van der Waals surface area contributed by atoms with Crippen molar-refractivity contribution in [3.8, 4) is 5.75 Å². The number of carboxylic acids is 1. The molecule has 0 aliphatic carbocycles. The number of azo groups is 1. The van der Waals surface area contributed by atoms with Crippen LogP contribution in [-0.4, -0.2) is 29.2 Å². The van der Waals surface area contributed by atoms with Crippen LogP contribution in [-0.2, 0) is 10.1 Å². The molecule has 0 aromatic heterocycles. The van der Waals surface area contributed by atoms with Crippen LogP contribution in [0.15, 0.2) is 57.6 Å². The molecule has 144 valence electrons. The van der Waals surface area contributed by atoms with E-state index in [-0.39, 0.29) is 27.3 Å². The summed E-state index contributed by atoms with van der Waals surface area (Å²) in [5.41, 5.74) is -0.100. The summed E-state index contributed by atoms with van der Waals surface area (Å²) < 4.78 is 32.7. The lowest BCUT2D eigenvalue weighted by atomic mass is 10.0. The lowest BCUT2D eigenvalue weighted by Gasteiger charge is -2.08. The topological polar surface area (TPSA) is 137 Å². The van der Waals surface area contributed by atoms with Crippen molar-refractivity contribution in [1.82, 2.24) is 0 Å². The summed E-state index contributed by atoms with van der Waals surface area (Å²) in [6.45, 7) is 1.56. The summed E-state index contributed by atoms with van der Waals surface area (Å²) in [6, 6.07) is 9.89. The van der Waals surface area contributed by atoms with Crippen LogP contribution in [0, 0.1) is 6.92 Å². The number of hydrogen-bond donors (Lipinski definition) is 3. The molecule has 8 nitrogen and oxygen atoms in total. The van der Waals surface area contributed by atoms with Crippen LogP contribution in [0.4, 0.5) is 11.4 Å². The van der Waals surface area contributed by atoms with Crippen LogP contribution in [0.25, 0.3) is 10.8 Å². The number of halogens is 1. The normalized spacial score (nSPS) is 12.0. The second-order valence-corrected chi connectivity index (χ2v) is 7.68. The molecule has 0 aliphatic rings. The fraction of sp³-hybridized carbons (Fsp3) is 0.0556. The van der Waals surface area contributed by atoms with E-state index in [0.717, 1.165) is 12.1 Å². The van der Waals surface area contributed by atoms with E-state index in [1.165, 1.54) is 12.1 Å². The van der Waals surface area contributed by atoms with Gasteiger partial charge in [0.05, 0.1) is 5.69 Å². The highest BCUT2D eigenvalue weighted by atomic mass is 35.5. The van der Waals surface area contributed by atoms with E-state index < -0.39 is 26.7 Å². The van der Waals surface area contributed by atoms with Crippen molar-refractivity contribution >= 4 is 49.8 Å². The summed E-state index contributed by atoms with van der Waals surface area (Å²) in [6.07, 6.45) is 0. The number of carboxylic acid groups (broad SMARTS) is 1. The fourth-order valence-electron chi connectivity index (χ4n) is 2.62. The van der Waals surface area contributed by atoms with Crippen molar-refractivity contribution in [3.63, 3.8) is 0 Å². The van der Waals surface area contributed by atoms with Crippen LogP contribution in [0.3, 0.4) is 0 Å². The number of rotatable bonds is 4. The van der Waals surface area contributed by atoms with Crippen LogP contribution in [0.2, 0.25) is 5.02 Å². The highest BCUT2D eigenvalue weighted by Gasteiger charge is 2.19. The highest BCUT2D eigenvalue weighted by molar-refractivity contribution is 7.86. The maximum atomic E-state index is 11.6. The Hall–Kier alpha value is -3.01. The van der Waals surface area contributed by atoms with E-state index in [9.17, 15) is 28.0 Å². The largest absolute Gasteiger partial charge is 0.506 e. The average molecular weight is 421 g/mol. The molecule has 0 heterocycles. The van der Waals surface area contributed by atoms with Gasteiger partial charge in [-0.3, -0.25) is 4.55 Å². The van der Waals surface area contributed by atoms with Crippen molar-refractivity contribution < 1.29 is 28.0 Å². The van der Waals surface area contributed by atoms with Gasteiger partial charge in [-0.2, -0.15) is 8.42 Å². The first-order chi connectivity index (χ1) is 13.1. The zero-order chi connectivity index (χ0) is 20.6. The van der Waals surface area contributed by atoms with Gasteiger partial charge in [0.15, 0.2) is 0 Å². The standard InChI is InChI=1S/C18H13ClN2O6S/c1-9-6-16(28(25,26)27)15(8-13(9)19)21-20-14-7-12(18(23)24)17(22)11-5-3-2-4-10(11)14/h2-8,22H,1H3,(H,23,24)(H,25,26,27). The van der Waals surface area contributed by atoms with Gasteiger partial charge in [0.25, 0.3) is 10.1 Å². The van der Waals surface area contributed by atoms with Crippen molar-refractivity contribution in [2.45, 2.75) is 11.8 Å². The minimum absolute atomic E-state index is 0.0868. The number of fused-ring (bicyclic) bond motifs is 1. The van der Waals surface area contributed by atoms with Gasteiger partial charge in [0.1, 0.15) is 21.9 Å². The number of aryl methyl sites for hydroxylation is 1. The second-order valence-electron chi connectivity index (χ2n) is 5.89. The van der Waals surface area contributed by atoms with Crippen LogP contribution < -0.4 is 0 Å². The van der Waals surface area contributed by atoms with Crippen molar-refractivity contribution in [2.75, 3.05) is 0 Å². The van der Waals surface area contributed by atoms with Gasteiger partial charge in [-0.05, 0) is 30.7 Å². The number of benzene rings is 3. The monoisotopic (exact) mass is 420 g/mol. The molecule has 0 radical (unpaired) electrons. The molecule has 3 rings (SSSR count). The first-order valence-electron chi connectivity index (χ1n) is 7.77. The van der Waals surface area contributed by atoms with E-state index in [4.69, 9.17) is 11.6 Å². The van der Waals surface area contributed by atoms with Gasteiger partial charge < -0.3 is 10.2 Å². The molecule has 0 spiro atoms. The Morgan fingerprint density at radius 1 is 1.04 bits per heavy atom. The Balaban J connectivity index is 2.24. The van der Waals surface area contributed by atoms with E-state index in [2.05, 4.69) is 10.2 Å². The van der Waals surface area contributed by atoms with Crippen molar-refractivity contribution in [2.24, 2.45) is 10.2 Å². The molecule has 0 amide bonds. The molecule has 0 atom stereocenters. The zero-order valence-electron chi connectivity index (χ0n) is 14.3. The van der Waals surface area contributed by atoms with Crippen LogP contribution >= 0.6 is 11.6 Å². The summed E-state index contributed by atoms with van der Waals surface area (Å²) in [5, 5.41) is 28.1. The summed E-state index contributed by atoms with van der Waals surface area (Å²) >= 11 is 6.01. The molecule has 3 aromatic carbocycles.